The molecule has 0 aromatic carbocycles. The molecule has 0 aliphatic rings. The zero-order valence-electron chi connectivity index (χ0n) is 52.8. The van der Waals surface area contributed by atoms with Crippen molar-refractivity contribution < 1.29 is 28.6 Å². The van der Waals surface area contributed by atoms with Gasteiger partial charge in [-0.15, -0.1) is 0 Å². The highest BCUT2D eigenvalue weighted by Crippen LogP contribution is 2.16. The molecule has 6 heteroatoms. The Hall–Kier alpha value is -4.45. The standard InChI is InChI=1S/C75H124O6/c1-4-7-10-13-16-19-22-25-28-31-33-35-36-37-38-40-41-44-47-50-53-56-59-62-65-68-74(77)80-71-72(70-79-73(76)67-64-61-58-55-52-49-46-43-30-27-24-21-18-15-12-9-6-3)81-75(78)69-66-63-60-57-54-51-48-45-42-39-34-32-29-26-23-20-17-14-11-8-5-2/h8-9,11-12,17-18,20-22,25-27,29-31,33-34,36-37,39,46,49,72H,4-7,10,13-16,19,23-24,28,32,35,38,40-45,47-48,50-71H2,1-3H3/b11-8-,12-9-,20-17-,21-18-,25-22-,29-26-,30-27-,33-31-,37-36-,39-34-,49-46-. The highest BCUT2D eigenvalue weighted by molar-refractivity contribution is 5.71. The lowest BCUT2D eigenvalue weighted by molar-refractivity contribution is -0.167. The summed E-state index contributed by atoms with van der Waals surface area (Å²) in [5.41, 5.74) is 0. The highest BCUT2D eigenvalue weighted by Gasteiger charge is 2.19. The zero-order valence-corrected chi connectivity index (χ0v) is 52.8. The molecule has 0 heterocycles. The number of ether oxygens (including phenoxy) is 3. The van der Waals surface area contributed by atoms with Crippen LogP contribution in [0.3, 0.4) is 0 Å². The Morgan fingerprint density at radius 1 is 0.259 bits per heavy atom. The lowest BCUT2D eigenvalue weighted by Crippen LogP contribution is -2.30. The summed E-state index contributed by atoms with van der Waals surface area (Å²) < 4.78 is 16.9. The van der Waals surface area contributed by atoms with Crippen LogP contribution in [0.15, 0.2) is 134 Å². The molecule has 0 amide bonds. The number of hydrogen-bond acceptors (Lipinski definition) is 6. The molecule has 0 saturated heterocycles. The molecule has 0 N–H and O–H groups in total. The SMILES string of the molecule is CC/C=C\C/C=C\C/C=C\C/C=C\CCCCCCCCCCC(=O)OC(COC(=O)CCCCCC/C=C\C/C=C\C/C=C\C/C=C\CC)COC(=O)CCCCCCCCCCCC/C=C\C/C=C\C/C=C\CCCCCCC. The number of esters is 3. The molecule has 0 rings (SSSR count). The second kappa shape index (κ2) is 68.1. The number of unbranched alkanes of at least 4 members (excludes halogenated alkanes) is 27. The first-order valence-corrected chi connectivity index (χ1v) is 33.7. The van der Waals surface area contributed by atoms with Crippen molar-refractivity contribution in [2.45, 2.75) is 309 Å². The van der Waals surface area contributed by atoms with Gasteiger partial charge in [-0.25, -0.2) is 0 Å². The maximum absolute atomic E-state index is 12.9. The summed E-state index contributed by atoms with van der Waals surface area (Å²) in [6.45, 7) is 6.39. The zero-order chi connectivity index (χ0) is 58.5. The summed E-state index contributed by atoms with van der Waals surface area (Å²) in [4.78, 5) is 38.4. The minimum atomic E-state index is -0.802. The first-order chi connectivity index (χ1) is 40.0. The van der Waals surface area contributed by atoms with Crippen LogP contribution in [0.2, 0.25) is 0 Å². The van der Waals surface area contributed by atoms with E-state index in [9.17, 15) is 14.4 Å². The minimum Gasteiger partial charge on any atom is -0.462 e. The van der Waals surface area contributed by atoms with Crippen molar-refractivity contribution in [3.05, 3.63) is 134 Å². The van der Waals surface area contributed by atoms with E-state index in [1.54, 1.807) is 0 Å². The number of hydrogen-bond donors (Lipinski definition) is 0. The molecule has 0 bridgehead atoms. The molecular formula is C75H124O6. The van der Waals surface area contributed by atoms with E-state index in [1.807, 2.05) is 0 Å². The van der Waals surface area contributed by atoms with Gasteiger partial charge in [0.1, 0.15) is 13.2 Å². The average Bonchev–Trinajstić information content (AvgIpc) is 3.47. The fourth-order valence-corrected chi connectivity index (χ4v) is 9.14. The fraction of sp³-hybridized carbons (Fsp3) is 0.667. The first-order valence-electron chi connectivity index (χ1n) is 33.7. The molecule has 0 aliphatic carbocycles. The third-order valence-electron chi connectivity index (χ3n) is 14.1. The fourth-order valence-electron chi connectivity index (χ4n) is 9.14. The lowest BCUT2D eigenvalue weighted by atomic mass is 10.1. The Balaban J connectivity index is 4.43. The van der Waals surface area contributed by atoms with Crippen LogP contribution < -0.4 is 0 Å². The summed E-state index contributed by atoms with van der Waals surface area (Å²) in [7, 11) is 0. The molecule has 0 aromatic rings. The van der Waals surface area contributed by atoms with Gasteiger partial charge >= 0.3 is 17.9 Å². The van der Waals surface area contributed by atoms with Crippen LogP contribution in [0.5, 0.6) is 0 Å². The molecule has 0 radical (unpaired) electrons. The summed E-state index contributed by atoms with van der Waals surface area (Å²) in [6, 6.07) is 0. The number of carbonyl (C=O) groups excluding carboxylic acids is 3. The largest absolute Gasteiger partial charge is 0.462 e. The monoisotopic (exact) mass is 1120 g/mol. The molecule has 0 fully saturated rings. The van der Waals surface area contributed by atoms with Crippen molar-refractivity contribution in [1.82, 2.24) is 0 Å². The maximum Gasteiger partial charge on any atom is 0.306 e. The first kappa shape index (κ1) is 76.5. The van der Waals surface area contributed by atoms with Gasteiger partial charge in [-0.05, 0) is 135 Å². The Morgan fingerprint density at radius 2 is 0.481 bits per heavy atom. The van der Waals surface area contributed by atoms with Crippen LogP contribution in [-0.2, 0) is 28.6 Å². The third kappa shape index (κ3) is 66.2. The second-order valence-electron chi connectivity index (χ2n) is 22.0. The lowest BCUT2D eigenvalue weighted by Gasteiger charge is -2.18. The molecular weight excluding hydrogens is 997 g/mol. The predicted molar refractivity (Wildman–Crippen MR) is 353 cm³/mol. The van der Waals surface area contributed by atoms with E-state index in [1.165, 1.54) is 122 Å². The number of rotatable bonds is 60. The van der Waals surface area contributed by atoms with Gasteiger partial charge in [0.05, 0.1) is 0 Å². The van der Waals surface area contributed by atoms with Crippen LogP contribution in [0.25, 0.3) is 0 Å². The smallest absolute Gasteiger partial charge is 0.306 e. The van der Waals surface area contributed by atoms with Crippen molar-refractivity contribution in [2.24, 2.45) is 0 Å². The molecule has 460 valence electrons. The van der Waals surface area contributed by atoms with Gasteiger partial charge in [0.25, 0.3) is 0 Å². The van der Waals surface area contributed by atoms with Crippen molar-refractivity contribution in [2.75, 3.05) is 13.2 Å². The molecule has 6 nitrogen and oxygen atoms in total. The molecule has 0 aliphatic heterocycles. The topological polar surface area (TPSA) is 78.9 Å². The minimum absolute atomic E-state index is 0.0947. The van der Waals surface area contributed by atoms with Crippen LogP contribution in [0.4, 0.5) is 0 Å². The summed E-state index contributed by atoms with van der Waals surface area (Å²) in [6.07, 6.45) is 96.0. The quantitative estimate of drug-likeness (QED) is 0.0261. The molecule has 81 heavy (non-hydrogen) atoms. The Kier molecular flexibility index (Phi) is 64.3. The van der Waals surface area contributed by atoms with Gasteiger partial charge in [0.2, 0.25) is 0 Å². The third-order valence-corrected chi connectivity index (χ3v) is 14.1. The van der Waals surface area contributed by atoms with Gasteiger partial charge in [-0.1, -0.05) is 283 Å². The summed E-state index contributed by atoms with van der Waals surface area (Å²) >= 11 is 0. The van der Waals surface area contributed by atoms with E-state index in [0.29, 0.717) is 19.3 Å². The van der Waals surface area contributed by atoms with Gasteiger partial charge in [0.15, 0.2) is 6.10 Å². The molecule has 0 spiro atoms. The Morgan fingerprint density at radius 3 is 0.753 bits per heavy atom. The van der Waals surface area contributed by atoms with Crippen LogP contribution >= 0.6 is 0 Å². The summed E-state index contributed by atoms with van der Waals surface area (Å²) in [5.74, 6) is -0.926. The Bertz CT molecular complexity index is 1720. The molecule has 1 atom stereocenters. The average molecular weight is 1120 g/mol. The van der Waals surface area contributed by atoms with Crippen molar-refractivity contribution >= 4 is 17.9 Å². The van der Waals surface area contributed by atoms with Crippen LogP contribution in [0, 0.1) is 0 Å². The van der Waals surface area contributed by atoms with Gasteiger partial charge in [-0.2, -0.15) is 0 Å². The number of allylic oxidation sites excluding steroid dienone is 22. The van der Waals surface area contributed by atoms with Gasteiger partial charge < -0.3 is 14.2 Å². The second-order valence-corrected chi connectivity index (χ2v) is 22.0. The highest BCUT2D eigenvalue weighted by atomic mass is 16.6. The molecule has 0 aromatic heterocycles. The van der Waals surface area contributed by atoms with E-state index in [0.717, 1.165) is 141 Å². The predicted octanol–water partition coefficient (Wildman–Crippen LogP) is 23.3. The van der Waals surface area contributed by atoms with Gasteiger partial charge in [-0.3, -0.25) is 14.4 Å². The van der Waals surface area contributed by atoms with E-state index < -0.39 is 6.10 Å². The number of carbonyl (C=O) groups is 3. The van der Waals surface area contributed by atoms with Gasteiger partial charge in [0, 0.05) is 19.3 Å². The van der Waals surface area contributed by atoms with Crippen molar-refractivity contribution in [3.8, 4) is 0 Å². The van der Waals surface area contributed by atoms with E-state index in [4.69, 9.17) is 14.2 Å². The van der Waals surface area contributed by atoms with Crippen LogP contribution in [-0.4, -0.2) is 37.2 Å². The maximum atomic E-state index is 12.9. The Labute approximate surface area is 500 Å². The van der Waals surface area contributed by atoms with E-state index in [-0.39, 0.29) is 31.1 Å². The summed E-state index contributed by atoms with van der Waals surface area (Å²) in [5, 5.41) is 0. The van der Waals surface area contributed by atoms with E-state index in [2.05, 4.69) is 154 Å². The van der Waals surface area contributed by atoms with Crippen molar-refractivity contribution in [3.63, 3.8) is 0 Å². The molecule has 1 unspecified atom stereocenters. The van der Waals surface area contributed by atoms with Crippen LogP contribution in [0.1, 0.15) is 303 Å². The van der Waals surface area contributed by atoms with E-state index >= 15 is 0 Å². The normalized spacial score (nSPS) is 13.0. The van der Waals surface area contributed by atoms with Crippen molar-refractivity contribution in [1.29, 1.82) is 0 Å². The molecule has 0 saturated carbocycles.